The van der Waals surface area contributed by atoms with E-state index in [-0.39, 0.29) is 5.92 Å². The molecule has 3 aromatic rings. The van der Waals surface area contributed by atoms with Crippen LogP contribution in [0.1, 0.15) is 25.1 Å². The molecule has 0 saturated carbocycles. The van der Waals surface area contributed by atoms with E-state index in [1.165, 1.54) is 0 Å². The Morgan fingerprint density at radius 3 is 2.58 bits per heavy atom. The van der Waals surface area contributed by atoms with Crippen LogP contribution in [-0.4, -0.2) is 22.2 Å². The van der Waals surface area contributed by atoms with Gasteiger partial charge in [0.2, 0.25) is 0 Å². The predicted octanol–water partition coefficient (Wildman–Crippen LogP) is 3.98. The molecule has 0 saturated heterocycles. The number of nitrogens with one attached hydrogen (secondary N) is 1. The van der Waals surface area contributed by atoms with Gasteiger partial charge in [-0.1, -0.05) is 50.2 Å². The molecule has 1 aromatic heterocycles. The highest BCUT2D eigenvalue weighted by molar-refractivity contribution is 5.71. The number of rotatable bonds is 5. The number of H-pyrrole nitrogens is 1. The summed E-state index contributed by atoms with van der Waals surface area (Å²) >= 11 is 0. The Bertz CT molecular complexity index is 812. The van der Waals surface area contributed by atoms with Crippen LogP contribution in [0.3, 0.4) is 0 Å². The van der Waals surface area contributed by atoms with Gasteiger partial charge in [0.15, 0.2) is 0 Å². The molecule has 124 valence electrons. The molecular formula is C20H22N2O2. The largest absolute Gasteiger partial charge is 0.496 e. The standard InChI is InChI=1S/C20H22N2O2/c1-14(2)20(23,19-12-21-13-22-19)16-8-6-7-15(11-16)17-9-4-5-10-18(17)24-3/h4-14,23H,1-3H3,(H,21,22). The van der Waals surface area contributed by atoms with Crippen molar-refractivity contribution < 1.29 is 9.84 Å². The first-order valence-corrected chi connectivity index (χ1v) is 8.02. The maximum Gasteiger partial charge on any atom is 0.133 e. The van der Waals surface area contributed by atoms with E-state index in [1.54, 1.807) is 19.6 Å². The zero-order chi connectivity index (χ0) is 17.2. The lowest BCUT2D eigenvalue weighted by Crippen LogP contribution is -2.33. The van der Waals surface area contributed by atoms with Crippen LogP contribution < -0.4 is 4.74 Å². The van der Waals surface area contributed by atoms with Gasteiger partial charge in [-0.05, 0) is 29.2 Å². The van der Waals surface area contributed by atoms with Crippen molar-refractivity contribution in [3.8, 4) is 16.9 Å². The SMILES string of the molecule is COc1ccccc1-c1cccc(C(O)(c2cnc[nH]2)C(C)C)c1. The van der Waals surface area contributed by atoms with Crippen molar-refractivity contribution in [2.45, 2.75) is 19.4 Å². The maximum atomic E-state index is 11.4. The predicted molar refractivity (Wildman–Crippen MR) is 94.9 cm³/mol. The summed E-state index contributed by atoms with van der Waals surface area (Å²) in [7, 11) is 1.66. The number of aromatic amines is 1. The highest BCUT2D eigenvalue weighted by atomic mass is 16.5. The Morgan fingerprint density at radius 2 is 1.92 bits per heavy atom. The van der Waals surface area contributed by atoms with Gasteiger partial charge in [0.25, 0.3) is 0 Å². The van der Waals surface area contributed by atoms with Crippen molar-refractivity contribution in [2.75, 3.05) is 7.11 Å². The van der Waals surface area contributed by atoms with Crippen LogP contribution in [0.15, 0.2) is 61.1 Å². The van der Waals surface area contributed by atoms with Crippen LogP contribution in [0.4, 0.5) is 0 Å². The summed E-state index contributed by atoms with van der Waals surface area (Å²) in [6.45, 7) is 3.99. The molecule has 2 aromatic carbocycles. The lowest BCUT2D eigenvalue weighted by atomic mass is 9.80. The van der Waals surface area contributed by atoms with Crippen molar-refractivity contribution in [1.82, 2.24) is 9.97 Å². The molecule has 0 bridgehead atoms. The molecule has 2 N–H and O–H groups in total. The monoisotopic (exact) mass is 322 g/mol. The van der Waals surface area contributed by atoms with E-state index in [9.17, 15) is 5.11 Å². The van der Waals surface area contributed by atoms with Crippen molar-refractivity contribution in [3.63, 3.8) is 0 Å². The van der Waals surface area contributed by atoms with Crippen LogP contribution in [0.25, 0.3) is 11.1 Å². The summed E-state index contributed by atoms with van der Waals surface area (Å²) in [4.78, 5) is 7.12. The average Bonchev–Trinajstić information content (AvgIpc) is 3.16. The number of ether oxygens (including phenoxy) is 1. The number of hydrogen-bond donors (Lipinski definition) is 2. The van der Waals surface area contributed by atoms with Crippen LogP contribution >= 0.6 is 0 Å². The number of methoxy groups -OCH3 is 1. The summed E-state index contributed by atoms with van der Waals surface area (Å²) in [5, 5.41) is 11.4. The first-order valence-electron chi connectivity index (χ1n) is 8.02. The summed E-state index contributed by atoms with van der Waals surface area (Å²) in [5.41, 5.74) is 2.38. The summed E-state index contributed by atoms with van der Waals surface area (Å²) in [5.74, 6) is 0.787. The minimum Gasteiger partial charge on any atom is -0.496 e. The minimum absolute atomic E-state index is 0.0223. The molecule has 0 spiro atoms. The number of nitrogens with zero attached hydrogens (tertiary/aromatic N) is 1. The normalized spacial score (nSPS) is 13.7. The van der Waals surface area contributed by atoms with Crippen molar-refractivity contribution in [3.05, 3.63) is 72.3 Å². The number of benzene rings is 2. The van der Waals surface area contributed by atoms with Crippen LogP contribution in [0.5, 0.6) is 5.75 Å². The van der Waals surface area contributed by atoms with Crippen molar-refractivity contribution in [1.29, 1.82) is 0 Å². The molecule has 0 aliphatic rings. The fourth-order valence-corrected chi connectivity index (χ4v) is 3.07. The average molecular weight is 322 g/mol. The fourth-order valence-electron chi connectivity index (χ4n) is 3.07. The van der Waals surface area contributed by atoms with E-state index < -0.39 is 5.60 Å². The van der Waals surface area contributed by atoms with E-state index in [0.29, 0.717) is 5.69 Å². The number of hydrogen-bond acceptors (Lipinski definition) is 3. The van der Waals surface area contributed by atoms with Gasteiger partial charge in [0.1, 0.15) is 11.4 Å². The smallest absolute Gasteiger partial charge is 0.133 e. The first kappa shape index (κ1) is 16.3. The minimum atomic E-state index is -1.13. The van der Waals surface area contributed by atoms with Gasteiger partial charge in [-0.2, -0.15) is 0 Å². The Balaban J connectivity index is 2.13. The van der Waals surface area contributed by atoms with Gasteiger partial charge < -0.3 is 14.8 Å². The lowest BCUT2D eigenvalue weighted by molar-refractivity contribution is 0.0280. The second kappa shape index (κ2) is 6.49. The topological polar surface area (TPSA) is 58.1 Å². The van der Waals surface area contributed by atoms with Crippen LogP contribution in [0.2, 0.25) is 0 Å². The van der Waals surface area contributed by atoms with Crippen LogP contribution in [0, 0.1) is 5.92 Å². The summed E-state index contributed by atoms with van der Waals surface area (Å²) in [6, 6.07) is 15.8. The second-order valence-electron chi connectivity index (χ2n) is 6.17. The molecule has 0 aliphatic carbocycles. The molecule has 1 heterocycles. The van der Waals surface area contributed by atoms with Gasteiger partial charge in [-0.25, -0.2) is 4.98 Å². The number of aliphatic hydroxyl groups is 1. The van der Waals surface area contributed by atoms with Gasteiger partial charge in [0.05, 0.1) is 25.3 Å². The zero-order valence-electron chi connectivity index (χ0n) is 14.2. The Labute approximate surface area is 142 Å². The number of aromatic nitrogens is 2. The third kappa shape index (κ3) is 2.69. The van der Waals surface area contributed by atoms with Crippen molar-refractivity contribution >= 4 is 0 Å². The van der Waals surface area contributed by atoms with Gasteiger partial charge in [0, 0.05) is 5.56 Å². The third-order valence-corrected chi connectivity index (χ3v) is 4.47. The molecule has 0 aliphatic heterocycles. The Hall–Kier alpha value is -2.59. The Kier molecular flexibility index (Phi) is 4.40. The van der Waals surface area contributed by atoms with E-state index in [2.05, 4.69) is 9.97 Å². The number of imidazole rings is 1. The maximum absolute atomic E-state index is 11.4. The zero-order valence-corrected chi connectivity index (χ0v) is 14.2. The fraction of sp³-hybridized carbons (Fsp3) is 0.250. The number of para-hydroxylation sites is 1. The summed E-state index contributed by atoms with van der Waals surface area (Å²) in [6.07, 6.45) is 3.27. The molecule has 0 fully saturated rings. The molecule has 1 unspecified atom stereocenters. The molecule has 4 nitrogen and oxygen atoms in total. The third-order valence-electron chi connectivity index (χ3n) is 4.47. The summed E-state index contributed by atoms with van der Waals surface area (Å²) < 4.78 is 5.47. The van der Waals surface area contributed by atoms with E-state index in [4.69, 9.17) is 4.74 Å². The highest BCUT2D eigenvalue weighted by Gasteiger charge is 2.36. The molecule has 0 radical (unpaired) electrons. The quantitative estimate of drug-likeness (QED) is 0.747. The highest BCUT2D eigenvalue weighted by Crippen LogP contribution is 2.38. The van der Waals surface area contributed by atoms with Gasteiger partial charge >= 0.3 is 0 Å². The van der Waals surface area contributed by atoms with Crippen molar-refractivity contribution in [2.24, 2.45) is 5.92 Å². The van der Waals surface area contributed by atoms with Gasteiger partial charge in [-0.15, -0.1) is 0 Å². The van der Waals surface area contributed by atoms with E-state index >= 15 is 0 Å². The van der Waals surface area contributed by atoms with E-state index in [1.807, 2.05) is 62.4 Å². The van der Waals surface area contributed by atoms with Gasteiger partial charge in [-0.3, -0.25) is 0 Å². The molecular weight excluding hydrogens is 300 g/mol. The molecule has 0 amide bonds. The molecule has 1 atom stereocenters. The van der Waals surface area contributed by atoms with E-state index in [0.717, 1.165) is 22.4 Å². The Morgan fingerprint density at radius 1 is 1.12 bits per heavy atom. The lowest BCUT2D eigenvalue weighted by Gasteiger charge is -2.32. The molecule has 4 heteroatoms. The second-order valence-corrected chi connectivity index (χ2v) is 6.17. The molecule has 24 heavy (non-hydrogen) atoms. The first-order chi connectivity index (χ1) is 11.6. The molecule has 3 rings (SSSR count). The van der Waals surface area contributed by atoms with Crippen LogP contribution in [-0.2, 0) is 5.60 Å².